The van der Waals surface area contributed by atoms with Gasteiger partial charge in [0.15, 0.2) is 0 Å². The summed E-state index contributed by atoms with van der Waals surface area (Å²) < 4.78 is 2.30. The largest absolute Gasteiger partial charge is 0.480 e. The molecule has 10 heteroatoms. The van der Waals surface area contributed by atoms with Crippen LogP contribution in [-0.4, -0.2) is 43.4 Å². The van der Waals surface area contributed by atoms with Crippen molar-refractivity contribution >= 4 is 96.3 Å². The minimum atomic E-state index is -1.16. The number of carbonyl (C=O) groups excluding carboxylic acids is 1. The summed E-state index contributed by atoms with van der Waals surface area (Å²) in [5, 5.41) is 11.9. The molecule has 7 nitrogen and oxygen atoms in total. The molecule has 2 aliphatic heterocycles. The summed E-state index contributed by atoms with van der Waals surface area (Å²) in [4.78, 5) is 43.5. The Labute approximate surface area is 337 Å². The molecule has 2 atom stereocenters. The summed E-state index contributed by atoms with van der Waals surface area (Å²) >= 11 is 7.71. The number of hydrogen-bond acceptors (Lipinski definition) is 7. The van der Waals surface area contributed by atoms with Crippen molar-refractivity contribution in [2.45, 2.75) is 44.7 Å². The number of rotatable bonds is 8. The minimum absolute atomic E-state index is 0.293. The highest BCUT2D eigenvalue weighted by Gasteiger charge is 2.43. The van der Waals surface area contributed by atoms with Gasteiger partial charge in [0.1, 0.15) is 20.4 Å². The van der Waals surface area contributed by atoms with Crippen molar-refractivity contribution < 1.29 is 14.7 Å². The molecule has 3 heterocycles. The van der Waals surface area contributed by atoms with Gasteiger partial charge in [0.2, 0.25) is 0 Å². The summed E-state index contributed by atoms with van der Waals surface area (Å²) in [5.74, 6) is -1.13. The maximum atomic E-state index is 14.0. The van der Waals surface area contributed by atoms with Crippen LogP contribution in [0, 0.1) is 0 Å². The van der Waals surface area contributed by atoms with Gasteiger partial charge in [-0.3, -0.25) is 23.9 Å². The topological polar surface area (TPSA) is 82.9 Å². The number of thiocarbonyl (C=S) groups is 1. The fourth-order valence-corrected chi connectivity index (χ4v) is 11.2. The number of fused-ring (bicyclic) bond motifs is 5. The number of aromatic nitrogens is 1. The first-order chi connectivity index (χ1) is 27.3. The highest BCUT2D eigenvalue weighted by atomic mass is 32.2. The zero-order valence-corrected chi connectivity index (χ0v) is 33.0. The first kappa shape index (κ1) is 36.1. The second-order valence-electron chi connectivity index (χ2n) is 14.3. The number of anilines is 2. The monoisotopic (exact) mass is 791 g/mol. The fraction of sp³-hybridized carbons (Fsp3) is 0.174. The summed E-state index contributed by atoms with van der Waals surface area (Å²) in [6.45, 7) is 1.68. The average molecular weight is 792 g/mol. The zero-order chi connectivity index (χ0) is 38.5. The normalized spacial score (nSPS) is 18.8. The van der Waals surface area contributed by atoms with Gasteiger partial charge >= 0.3 is 5.97 Å². The highest BCUT2D eigenvalue weighted by molar-refractivity contribution is 8.30. The van der Waals surface area contributed by atoms with E-state index in [0.717, 1.165) is 69.9 Å². The molecule has 0 radical (unpaired) electrons. The van der Waals surface area contributed by atoms with Gasteiger partial charge in [0.25, 0.3) is 11.5 Å². The molecular formula is C46H37N3O4S3. The van der Waals surface area contributed by atoms with E-state index in [1.807, 2.05) is 31.2 Å². The number of aliphatic carboxylic acids is 1. The van der Waals surface area contributed by atoms with Crippen molar-refractivity contribution in [2.75, 3.05) is 11.4 Å². The maximum Gasteiger partial charge on any atom is 0.323 e. The van der Waals surface area contributed by atoms with Crippen molar-refractivity contribution in [2.24, 2.45) is 0 Å². The molecule has 2 fully saturated rings. The maximum absolute atomic E-state index is 14.0. The molecule has 1 N–H and O–H groups in total. The van der Waals surface area contributed by atoms with Gasteiger partial charge in [-0.15, -0.1) is 11.3 Å². The van der Waals surface area contributed by atoms with Crippen LogP contribution < -0.4 is 19.7 Å². The van der Waals surface area contributed by atoms with Crippen LogP contribution in [0.2, 0.25) is 0 Å². The van der Waals surface area contributed by atoms with E-state index < -0.39 is 18.1 Å². The van der Waals surface area contributed by atoms with Gasteiger partial charge in [0.05, 0.1) is 10.2 Å². The predicted octanol–water partition coefficient (Wildman–Crippen LogP) is 8.34. The Bertz CT molecular complexity index is 2730. The molecule has 278 valence electrons. The lowest BCUT2D eigenvalue weighted by atomic mass is 9.92. The molecule has 0 spiro atoms. The van der Waals surface area contributed by atoms with E-state index in [4.69, 9.17) is 12.2 Å². The predicted molar refractivity (Wildman–Crippen MR) is 233 cm³/mol. The number of carbonyl (C=O) groups is 2. The molecular weight excluding hydrogens is 755 g/mol. The van der Waals surface area contributed by atoms with E-state index >= 15 is 0 Å². The minimum Gasteiger partial charge on any atom is -0.480 e. The lowest BCUT2D eigenvalue weighted by Gasteiger charge is -2.28. The van der Waals surface area contributed by atoms with Crippen molar-refractivity contribution in [3.8, 4) is 0 Å². The van der Waals surface area contributed by atoms with E-state index in [-0.39, 0.29) is 5.91 Å². The number of carboxylic acid groups (broad SMARTS) is 1. The third-order valence-electron chi connectivity index (χ3n) is 11.0. The van der Waals surface area contributed by atoms with Crippen LogP contribution in [-0.2, 0) is 16.1 Å². The van der Waals surface area contributed by atoms with E-state index in [2.05, 4.69) is 108 Å². The number of thioether (sulfide) groups is 1. The Morgan fingerprint density at radius 2 is 1.54 bits per heavy atom. The van der Waals surface area contributed by atoms with Crippen molar-refractivity contribution in [1.82, 2.24) is 9.47 Å². The Kier molecular flexibility index (Phi) is 9.57. The summed E-state index contributed by atoms with van der Waals surface area (Å²) in [7, 11) is 0. The lowest BCUT2D eigenvalue weighted by molar-refractivity contribution is -0.137. The van der Waals surface area contributed by atoms with Crippen molar-refractivity contribution in [3.63, 3.8) is 0 Å². The van der Waals surface area contributed by atoms with E-state index in [0.29, 0.717) is 36.9 Å². The van der Waals surface area contributed by atoms with Crippen LogP contribution in [0.3, 0.4) is 0 Å². The van der Waals surface area contributed by atoms with Gasteiger partial charge in [-0.05, 0) is 88.9 Å². The Morgan fingerprint density at radius 3 is 2.18 bits per heavy atom. The molecule has 6 aromatic rings. The number of hydrogen-bond donors (Lipinski definition) is 1. The van der Waals surface area contributed by atoms with Gasteiger partial charge < -0.3 is 10.0 Å². The molecule has 1 aliphatic carbocycles. The molecule has 1 amide bonds. The highest BCUT2D eigenvalue weighted by Crippen LogP contribution is 2.55. The van der Waals surface area contributed by atoms with Gasteiger partial charge in [0, 0.05) is 29.6 Å². The molecule has 1 saturated heterocycles. The molecule has 5 aromatic carbocycles. The molecule has 3 aliphatic rings. The quantitative estimate of drug-likeness (QED) is 0.123. The van der Waals surface area contributed by atoms with Gasteiger partial charge in [-0.1, -0.05) is 127 Å². The number of thiazole rings is 1. The summed E-state index contributed by atoms with van der Waals surface area (Å²) in [5.41, 5.74) is 8.71. The Balaban J connectivity index is 1.16. The third-order valence-corrected chi connectivity index (χ3v) is 13.7. The summed E-state index contributed by atoms with van der Waals surface area (Å²) in [6, 6.07) is 40.8. The van der Waals surface area contributed by atoms with Crippen LogP contribution in [0.4, 0.5) is 11.4 Å². The SMILES string of the molecule is CCN1C(=O)/C(=c2/s/c(=C\c3cc4c(c5ccccc35)N(c3ccc(C=C(c5ccccc5)c5ccccc5)cc3)C3CCCC43)c(=O)n2CC(=O)O)SC1=S. The van der Waals surface area contributed by atoms with Gasteiger partial charge in [-0.25, -0.2) is 0 Å². The third kappa shape index (κ3) is 6.31. The van der Waals surface area contributed by atoms with Crippen molar-refractivity contribution in [3.05, 3.63) is 163 Å². The summed E-state index contributed by atoms with van der Waals surface area (Å²) in [6.07, 6.45) is 7.42. The van der Waals surface area contributed by atoms with Crippen molar-refractivity contribution in [1.29, 1.82) is 0 Å². The van der Waals surface area contributed by atoms with Crippen LogP contribution in [0.25, 0.3) is 33.4 Å². The number of amides is 1. The Hall–Kier alpha value is -5.55. The molecule has 1 aromatic heterocycles. The molecule has 9 rings (SSSR count). The van der Waals surface area contributed by atoms with Gasteiger partial charge in [-0.2, -0.15) is 0 Å². The first-order valence-corrected chi connectivity index (χ1v) is 20.8. The molecule has 56 heavy (non-hydrogen) atoms. The fourth-order valence-electron chi connectivity index (χ4n) is 8.55. The standard InChI is InChI=1S/C46H37N3O4S3/c1-2-47-44(53)42(56-46(47)54)45-48(27-40(50)51)43(52)39(55-45)26-31-25-37-34-18-11-19-38(34)49(41(37)35-17-10-9-16-33(31)35)32-22-20-28(21-23-32)24-36(29-12-5-3-6-13-29)30-14-7-4-8-15-30/h3-10,12-17,20-26,34,38H,2,11,18-19,27H2,1H3,(H,50,51)/b39-26-,45-42-. The molecule has 2 unspecified atom stereocenters. The molecule has 1 saturated carbocycles. The zero-order valence-electron chi connectivity index (χ0n) is 30.6. The van der Waals surface area contributed by atoms with E-state index in [1.54, 1.807) is 0 Å². The smallest absolute Gasteiger partial charge is 0.323 e. The van der Waals surface area contributed by atoms with E-state index in [9.17, 15) is 19.5 Å². The van der Waals surface area contributed by atoms with Crippen LogP contribution in [0.15, 0.2) is 120 Å². The van der Waals surface area contributed by atoms with E-state index in [1.165, 1.54) is 37.4 Å². The Morgan fingerprint density at radius 1 is 0.875 bits per heavy atom. The first-order valence-electron chi connectivity index (χ1n) is 18.8. The lowest BCUT2D eigenvalue weighted by Crippen LogP contribution is -2.35. The second-order valence-corrected chi connectivity index (χ2v) is 16.9. The average Bonchev–Trinajstić information content (AvgIpc) is 3.97. The van der Waals surface area contributed by atoms with Crippen LogP contribution in [0.1, 0.15) is 59.9 Å². The number of carboxylic acids is 1. The number of benzene rings is 5. The number of nitrogens with zero attached hydrogens (tertiary/aromatic N) is 3. The second kappa shape index (κ2) is 14.8. The van der Waals surface area contributed by atoms with Crippen LogP contribution in [0.5, 0.6) is 0 Å². The molecule has 0 bridgehead atoms. The van der Waals surface area contributed by atoms with Crippen LogP contribution >= 0.6 is 35.3 Å².